The number of amides is 2. The Morgan fingerprint density at radius 2 is 1.60 bits per heavy atom. The Morgan fingerprint density at radius 3 is 2.29 bits per heavy atom. The molecule has 0 saturated carbocycles. The van der Waals surface area contributed by atoms with Crippen LogP contribution in [0.3, 0.4) is 0 Å². The van der Waals surface area contributed by atoms with E-state index in [0.29, 0.717) is 13.0 Å². The second-order valence-electron chi connectivity index (χ2n) is 9.41. The van der Waals surface area contributed by atoms with Gasteiger partial charge in [0.25, 0.3) is 0 Å². The maximum Gasteiger partial charge on any atom is 0.240 e. The molecule has 0 spiro atoms. The highest BCUT2D eigenvalue weighted by molar-refractivity contribution is 7.89. The first-order valence-electron chi connectivity index (χ1n) is 12.2. The maximum absolute atomic E-state index is 12.9. The Labute approximate surface area is 207 Å². The van der Waals surface area contributed by atoms with Gasteiger partial charge < -0.3 is 14.7 Å². The normalized spacial score (nSPS) is 15.7. The number of piperidine rings is 1. The summed E-state index contributed by atoms with van der Waals surface area (Å²) in [5, 5.41) is 0. The molecule has 1 fully saturated rings. The summed E-state index contributed by atoms with van der Waals surface area (Å²) >= 11 is 0. The Kier molecular flexibility index (Phi) is 7.76. The first-order chi connectivity index (χ1) is 16.7. The second kappa shape index (κ2) is 10.8. The Bertz CT molecular complexity index is 1170. The molecule has 0 aliphatic carbocycles. The molecule has 2 aliphatic rings. The highest BCUT2D eigenvalue weighted by Crippen LogP contribution is 2.31. The van der Waals surface area contributed by atoms with Crippen molar-refractivity contribution in [1.82, 2.24) is 9.62 Å². The van der Waals surface area contributed by atoms with E-state index in [-0.39, 0.29) is 36.1 Å². The molecule has 0 atom stereocenters. The number of carbonyl (C=O) groups is 2. The minimum Gasteiger partial charge on any atom is -0.378 e. The van der Waals surface area contributed by atoms with Crippen LogP contribution in [0.25, 0.3) is 0 Å². The molecule has 0 unspecified atom stereocenters. The predicted molar refractivity (Wildman–Crippen MR) is 137 cm³/mol. The van der Waals surface area contributed by atoms with E-state index in [1.54, 1.807) is 23.1 Å². The van der Waals surface area contributed by atoms with Gasteiger partial charge in [0.15, 0.2) is 0 Å². The third-order valence-corrected chi connectivity index (χ3v) is 8.14. The topological polar surface area (TPSA) is 90.0 Å². The third kappa shape index (κ3) is 6.02. The number of sulfonamides is 1. The zero-order chi connectivity index (χ0) is 25.0. The molecule has 2 aromatic carbocycles. The molecule has 2 amide bonds. The third-order valence-electron chi connectivity index (χ3n) is 6.74. The summed E-state index contributed by atoms with van der Waals surface area (Å²) in [6.07, 6.45) is 4.20. The second-order valence-corrected chi connectivity index (χ2v) is 11.2. The van der Waals surface area contributed by atoms with Gasteiger partial charge in [-0.1, -0.05) is 12.1 Å². The number of hydrogen-bond acceptors (Lipinski definition) is 5. The fourth-order valence-corrected chi connectivity index (χ4v) is 5.70. The largest absolute Gasteiger partial charge is 0.378 e. The Morgan fingerprint density at radius 1 is 0.914 bits per heavy atom. The molecule has 0 bridgehead atoms. The molecule has 1 N–H and O–H groups in total. The lowest BCUT2D eigenvalue weighted by Crippen LogP contribution is -2.37. The molecule has 35 heavy (non-hydrogen) atoms. The van der Waals surface area contributed by atoms with Crippen LogP contribution in [0.4, 0.5) is 11.4 Å². The number of benzene rings is 2. The standard InChI is InChI=1S/C26H34N4O4S/c1-28(2)22-8-6-20(7-9-22)19-27-35(33,34)23-10-11-24-21(18-23)14-17-30(24)26(32)13-12-25(31)29-15-4-3-5-16-29/h6-11,18,27H,3-5,12-17,19H2,1-2H3. The zero-order valence-corrected chi connectivity index (χ0v) is 21.3. The SMILES string of the molecule is CN(C)c1ccc(CNS(=O)(=O)c2ccc3c(c2)CCN3C(=O)CCC(=O)N2CCCCC2)cc1. The van der Waals surface area contributed by atoms with Gasteiger partial charge in [0.2, 0.25) is 21.8 Å². The first-order valence-corrected chi connectivity index (χ1v) is 13.7. The first kappa shape index (κ1) is 25.2. The van der Waals surface area contributed by atoms with Crippen LogP contribution < -0.4 is 14.5 Å². The van der Waals surface area contributed by atoms with Crippen molar-refractivity contribution in [3.05, 3.63) is 53.6 Å². The lowest BCUT2D eigenvalue weighted by Gasteiger charge is -2.27. The van der Waals surface area contributed by atoms with Crippen LogP contribution in [0.1, 0.15) is 43.2 Å². The molecule has 2 aliphatic heterocycles. The van der Waals surface area contributed by atoms with Crippen molar-refractivity contribution < 1.29 is 18.0 Å². The molecule has 1 saturated heterocycles. The molecule has 0 aromatic heterocycles. The van der Waals surface area contributed by atoms with Crippen LogP contribution in [0, 0.1) is 0 Å². The number of anilines is 2. The van der Waals surface area contributed by atoms with Crippen LogP contribution in [0.2, 0.25) is 0 Å². The number of nitrogens with zero attached hydrogens (tertiary/aromatic N) is 3. The van der Waals surface area contributed by atoms with E-state index in [4.69, 9.17) is 0 Å². The van der Waals surface area contributed by atoms with Gasteiger partial charge in [0.05, 0.1) is 4.90 Å². The Hall–Kier alpha value is -2.91. The summed E-state index contributed by atoms with van der Waals surface area (Å²) in [6.45, 7) is 2.27. The average Bonchev–Trinajstić information content (AvgIpc) is 3.30. The van der Waals surface area contributed by atoms with E-state index in [2.05, 4.69) is 4.72 Å². The highest BCUT2D eigenvalue weighted by Gasteiger charge is 2.27. The van der Waals surface area contributed by atoms with Gasteiger partial charge in [-0.05, 0) is 67.1 Å². The number of fused-ring (bicyclic) bond motifs is 1. The summed E-state index contributed by atoms with van der Waals surface area (Å²) in [7, 11) is 0.215. The molecule has 2 heterocycles. The molecule has 8 nitrogen and oxygen atoms in total. The number of likely N-dealkylation sites (tertiary alicyclic amines) is 1. The number of rotatable bonds is 8. The Balaban J connectivity index is 1.35. The van der Waals surface area contributed by atoms with Crippen LogP contribution in [0.15, 0.2) is 47.4 Å². The molecule has 2 aromatic rings. The van der Waals surface area contributed by atoms with Crippen molar-refractivity contribution >= 4 is 33.2 Å². The van der Waals surface area contributed by atoms with E-state index in [0.717, 1.165) is 54.9 Å². The molecular weight excluding hydrogens is 464 g/mol. The molecule has 4 rings (SSSR count). The van der Waals surface area contributed by atoms with Gasteiger partial charge in [0.1, 0.15) is 0 Å². The van der Waals surface area contributed by atoms with Crippen molar-refractivity contribution in [2.75, 3.05) is 43.5 Å². The number of carbonyl (C=O) groups excluding carboxylic acids is 2. The quantitative estimate of drug-likeness (QED) is 0.605. The minimum absolute atomic E-state index is 0.0429. The fourth-order valence-electron chi connectivity index (χ4n) is 4.63. The predicted octanol–water partition coefficient (Wildman–Crippen LogP) is 2.91. The van der Waals surface area contributed by atoms with Crippen molar-refractivity contribution in [3.8, 4) is 0 Å². The summed E-state index contributed by atoms with van der Waals surface area (Å²) in [5.74, 6) is -0.0506. The van der Waals surface area contributed by atoms with E-state index >= 15 is 0 Å². The van der Waals surface area contributed by atoms with E-state index in [9.17, 15) is 18.0 Å². The van der Waals surface area contributed by atoms with Crippen molar-refractivity contribution in [1.29, 1.82) is 0 Å². The van der Waals surface area contributed by atoms with Gasteiger partial charge in [0, 0.05) is 64.5 Å². The number of hydrogen-bond donors (Lipinski definition) is 1. The zero-order valence-electron chi connectivity index (χ0n) is 20.5. The monoisotopic (exact) mass is 498 g/mol. The fraction of sp³-hybridized carbons (Fsp3) is 0.462. The van der Waals surface area contributed by atoms with Crippen molar-refractivity contribution in [2.45, 2.75) is 50.0 Å². The van der Waals surface area contributed by atoms with Crippen LogP contribution in [-0.2, 0) is 32.6 Å². The van der Waals surface area contributed by atoms with E-state index in [1.165, 1.54) is 0 Å². The van der Waals surface area contributed by atoms with Gasteiger partial charge in [-0.25, -0.2) is 13.1 Å². The summed E-state index contributed by atoms with van der Waals surface area (Å²) in [6, 6.07) is 12.6. The van der Waals surface area contributed by atoms with Gasteiger partial charge in [-0.2, -0.15) is 0 Å². The van der Waals surface area contributed by atoms with Crippen LogP contribution >= 0.6 is 0 Å². The molecule has 188 valence electrons. The van der Waals surface area contributed by atoms with Crippen molar-refractivity contribution in [3.63, 3.8) is 0 Å². The van der Waals surface area contributed by atoms with Crippen molar-refractivity contribution in [2.24, 2.45) is 0 Å². The van der Waals surface area contributed by atoms with Gasteiger partial charge in [-0.15, -0.1) is 0 Å². The van der Waals surface area contributed by atoms with E-state index in [1.807, 2.05) is 48.2 Å². The lowest BCUT2D eigenvalue weighted by atomic mass is 10.1. The molecule has 9 heteroatoms. The van der Waals surface area contributed by atoms with Crippen LogP contribution in [-0.4, -0.2) is 58.9 Å². The van der Waals surface area contributed by atoms with E-state index < -0.39 is 10.0 Å². The molecule has 0 radical (unpaired) electrons. The van der Waals surface area contributed by atoms with Gasteiger partial charge in [-0.3, -0.25) is 9.59 Å². The highest BCUT2D eigenvalue weighted by atomic mass is 32.2. The average molecular weight is 499 g/mol. The smallest absolute Gasteiger partial charge is 0.240 e. The summed E-state index contributed by atoms with van der Waals surface area (Å²) < 4.78 is 28.4. The maximum atomic E-state index is 12.9. The van der Waals surface area contributed by atoms with Crippen LogP contribution in [0.5, 0.6) is 0 Å². The lowest BCUT2D eigenvalue weighted by molar-refractivity contribution is -0.133. The summed E-state index contributed by atoms with van der Waals surface area (Å²) in [4.78, 5) is 30.9. The van der Waals surface area contributed by atoms with Gasteiger partial charge >= 0.3 is 0 Å². The minimum atomic E-state index is -3.69. The number of nitrogens with one attached hydrogen (secondary N) is 1. The summed E-state index contributed by atoms with van der Waals surface area (Å²) in [5.41, 5.74) is 3.49. The molecular formula is C26H34N4O4S.